The first-order chi connectivity index (χ1) is 9.02. The van der Waals surface area contributed by atoms with Gasteiger partial charge in [-0.1, -0.05) is 17.7 Å². The molecule has 0 aliphatic rings. The number of hydrogen-bond acceptors (Lipinski definition) is 2. The SMILES string of the molecule is CNC(Cc1ccc(F)cc1Cl)c1c(Br)cnn1C. The van der Waals surface area contributed by atoms with Crippen LogP contribution in [0.4, 0.5) is 4.39 Å². The minimum atomic E-state index is -0.323. The van der Waals surface area contributed by atoms with Crippen LogP contribution in [-0.2, 0) is 13.5 Å². The van der Waals surface area contributed by atoms with Crippen LogP contribution in [0.2, 0.25) is 5.02 Å². The Bertz CT molecular complexity index is 566. The van der Waals surface area contributed by atoms with Crippen LogP contribution < -0.4 is 5.32 Å². The second-order valence-corrected chi connectivity index (χ2v) is 5.54. The first-order valence-corrected chi connectivity index (χ1v) is 6.98. The van der Waals surface area contributed by atoms with Crippen molar-refractivity contribution >= 4 is 27.5 Å². The smallest absolute Gasteiger partial charge is 0.124 e. The largest absolute Gasteiger partial charge is 0.311 e. The number of aromatic nitrogens is 2. The summed E-state index contributed by atoms with van der Waals surface area (Å²) >= 11 is 9.56. The number of nitrogens with one attached hydrogen (secondary N) is 1. The lowest BCUT2D eigenvalue weighted by Gasteiger charge is -2.18. The average Bonchev–Trinajstić information content (AvgIpc) is 2.69. The quantitative estimate of drug-likeness (QED) is 0.918. The second-order valence-electron chi connectivity index (χ2n) is 4.28. The predicted molar refractivity (Wildman–Crippen MR) is 77.8 cm³/mol. The Hall–Kier alpha value is -0.910. The lowest BCUT2D eigenvalue weighted by molar-refractivity contribution is 0.534. The van der Waals surface area contributed by atoms with Crippen molar-refractivity contribution in [1.29, 1.82) is 0 Å². The fraction of sp³-hybridized carbons (Fsp3) is 0.308. The van der Waals surface area contributed by atoms with Crippen molar-refractivity contribution < 1.29 is 4.39 Å². The van der Waals surface area contributed by atoms with Crippen molar-refractivity contribution in [2.75, 3.05) is 7.05 Å². The van der Waals surface area contributed by atoms with Crippen molar-refractivity contribution in [3.63, 3.8) is 0 Å². The Morgan fingerprint density at radius 2 is 2.26 bits per heavy atom. The maximum Gasteiger partial charge on any atom is 0.124 e. The molecule has 1 heterocycles. The normalized spacial score (nSPS) is 12.7. The van der Waals surface area contributed by atoms with Gasteiger partial charge in [0, 0.05) is 12.1 Å². The first kappa shape index (κ1) is 14.5. The number of halogens is 3. The van der Waals surface area contributed by atoms with Gasteiger partial charge >= 0.3 is 0 Å². The molecule has 1 unspecified atom stereocenters. The van der Waals surface area contributed by atoms with Crippen molar-refractivity contribution in [1.82, 2.24) is 15.1 Å². The fourth-order valence-electron chi connectivity index (χ4n) is 2.05. The summed E-state index contributed by atoms with van der Waals surface area (Å²) in [5, 5.41) is 7.88. The van der Waals surface area contributed by atoms with Gasteiger partial charge < -0.3 is 5.32 Å². The number of nitrogens with zero attached hydrogens (tertiary/aromatic N) is 2. The molecule has 0 amide bonds. The lowest BCUT2D eigenvalue weighted by Crippen LogP contribution is -2.22. The minimum Gasteiger partial charge on any atom is -0.311 e. The molecule has 3 nitrogen and oxygen atoms in total. The molecule has 102 valence electrons. The fourth-order valence-corrected chi connectivity index (χ4v) is 2.92. The van der Waals surface area contributed by atoms with Gasteiger partial charge in [-0.2, -0.15) is 5.10 Å². The molecule has 2 aromatic rings. The van der Waals surface area contributed by atoms with Gasteiger partial charge in [0.05, 0.1) is 22.4 Å². The minimum absolute atomic E-state index is 0.0461. The van der Waals surface area contributed by atoms with Gasteiger partial charge in [-0.3, -0.25) is 4.68 Å². The van der Waals surface area contributed by atoms with E-state index in [2.05, 4.69) is 26.3 Å². The van der Waals surface area contributed by atoms with E-state index in [0.29, 0.717) is 11.4 Å². The van der Waals surface area contributed by atoms with Crippen LogP contribution in [0.3, 0.4) is 0 Å². The van der Waals surface area contributed by atoms with E-state index in [4.69, 9.17) is 11.6 Å². The third kappa shape index (κ3) is 3.16. The topological polar surface area (TPSA) is 29.9 Å². The van der Waals surface area contributed by atoms with E-state index in [1.54, 1.807) is 12.3 Å². The molecule has 1 N–H and O–H groups in total. The number of likely N-dealkylation sites (N-methyl/N-ethyl adjacent to an activating group) is 1. The van der Waals surface area contributed by atoms with Gasteiger partial charge in [0.15, 0.2) is 0 Å². The third-order valence-electron chi connectivity index (χ3n) is 3.06. The molecular formula is C13H14BrClFN3. The van der Waals surface area contributed by atoms with Crippen LogP contribution >= 0.6 is 27.5 Å². The lowest BCUT2D eigenvalue weighted by atomic mass is 10.0. The van der Waals surface area contributed by atoms with E-state index < -0.39 is 0 Å². The van der Waals surface area contributed by atoms with Gasteiger partial charge in [0.1, 0.15) is 5.82 Å². The van der Waals surface area contributed by atoms with E-state index in [9.17, 15) is 4.39 Å². The number of benzene rings is 1. The Morgan fingerprint density at radius 3 is 2.79 bits per heavy atom. The molecule has 1 aromatic heterocycles. The molecule has 1 aromatic carbocycles. The maximum atomic E-state index is 13.0. The van der Waals surface area contributed by atoms with Crippen molar-refractivity contribution in [2.24, 2.45) is 7.05 Å². The van der Waals surface area contributed by atoms with Crippen LogP contribution in [0.25, 0.3) is 0 Å². The Morgan fingerprint density at radius 1 is 1.53 bits per heavy atom. The Labute approximate surface area is 124 Å². The van der Waals surface area contributed by atoms with Crippen LogP contribution in [0.5, 0.6) is 0 Å². The summed E-state index contributed by atoms with van der Waals surface area (Å²) < 4.78 is 15.8. The van der Waals surface area contributed by atoms with E-state index in [1.165, 1.54) is 12.1 Å². The summed E-state index contributed by atoms with van der Waals surface area (Å²) in [6.07, 6.45) is 2.42. The summed E-state index contributed by atoms with van der Waals surface area (Å²) in [4.78, 5) is 0. The summed E-state index contributed by atoms with van der Waals surface area (Å²) in [5.41, 5.74) is 1.93. The summed E-state index contributed by atoms with van der Waals surface area (Å²) in [5.74, 6) is -0.323. The summed E-state index contributed by atoms with van der Waals surface area (Å²) in [7, 11) is 3.76. The van der Waals surface area contributed by atoms with Crippen LogP contribution in [-0.4, -0.2) is 16.8 Å². The molecule has 0 fully saturated rings. The molecule has 19 heavy (non-hydrogen) atoms. The standard InChI is InChI=1S/C13H14BrClFN3/c1-17-12(13-10(14)7-18-19(13)2)5-8-3-4-9(16)6-11(8)15/h3-4,6-7,12,17H,5H2,1-2H3. The van der Waals surface area contributed by atoms with Crippen LogP contribution in [0.15, 0.2) is 28.9 Å². The molecule has 2 rings (SSSR count). The molecule has 0 aliphatic heterocycles. The maximum absolute atomic E-state index is 13.0. The van der Waals surface area contributed by atoms with Crippen molar-refractivity contribution in [3.05, 3.63) is 51.0 Å². The molecule has 0 bridgehead atoms. The Kier molecular flexibility index (Phi) is 4.60. The van der Waals surface area contributed by atoms with Gasteiger partial charge in [-0.15, -0.1) is 0 Å². The van der Waals surface area contributed by atoms with Crippen LogP contribution in [0, 0.1) is 5.82 Å². The number of rotatable bonds is 4. The molecule has 0 spiro atoms. The van der Waals surface area contributed by atoms with Gasteiger partial charge in [0.2, 0.25) is 0 Å². The van der Waals surface area contributed by atoms with Crippen LogP contribution in [0.1, 0.15) is 17.3 Å². The van der Waals surface area contributed by atoms with E-state index in [0.717, 1.165) is 15.7 Å². The highest BCUT2D eigenvalue weighted by Crippen LogP contribution is 2.28. The van der Waals surface area contributed by atoms with Gasteiger partial charge in [-0.05, 0) is 47.1 Å². The van der Waals surface area contributed by atoms with E-state index in [-0.39, 0.29) is 11.9 Å². The van der Waals surface area contributed by atoms with Crippen molar-refractivity contribution in [3.8, 4) is 0 Å². The molecule has 0 saturated heterocycles. The third-order valence-corrected chi connectivity index (χ3v) is 4.02. The number of aryl methyl sites for hydroxylation is 1. The molecule has 1 atom stereocenters. The van der Waals surface area contributed by atoms with E-state index >= 15 is 0 Å². The van der Waals surface area contributed by atoms with E-state index in [1.807, 2.05) is 18.8 Å². The molecule has 0 saturated carbocycles. The highest BCUT2D eigenvalue weighted by Gasteiger charge is 2.18. The molecule has 0 aliphatic carbocycles. The highest BCUT2D eigenvalue weighted by molar-refractivity contribution is 9.10. The molecule has 6 heteroatoms. The summed E-state index contributed by atoms with van der Waals surface area (Å²) in [6, 6.07) is 4.52. The molecular weight excluding hydrogens is 333 g/mol. The summed E-state index contributed by atoms with van der Waals surface area (Å²) in [6.45, 7) is 0. The molecule has 0 radical (unpaired) electrons. The highest BCUT2D eigenvalue weighted by atomic mass is 79.9. The zero-order chi connectivity index (χ0) is 14.0. The Balaban J connectivity index is 2.29. The zero-order valence-electron chi connectivity index (χ0n) is 10.6. The van der Waals surface area contributed by atoms with Gasteiger partial charge in [0.25, 0.3) is 0 Å². The predicted octanol–water partition coefficient (Wildman–Crippen LogP) is 3.48. The second kappa shape index (κ2) is 6.03. The monoisotopic (exact) mass is 345 g/mol. The first-order valence-electron chi connectivity index (χ1n) is 5.81. The zero-order valence-corrected chi connectivity index (χ0v) is 13.0. The van der Waals surface area contributed by atoms with Crippen molar-refractivity contribution in [2.45, 2.75) is 12.5 Å². The average molecular weight is 347 g/mol. The number of hydrogen-bond donors (Lipinski definition) is 1. The van der Waals surface area contributed by atoms with Gasteiger partial charge in [-0.25, -0.2) is 4.39 Å².